The van der Waals surface area contributed by atoms with E-state index >= 15 is 0 Å². The molecular formula is C8H7N3O3S2. The van der Waals surface area contributed by atoms with Crippen LogP contribution in [0, 0.1) is 6.92 Å². The number of rotatable bonds is 4. The first kappa shape index (κ1) is 11.1. The van der Waals surface area contributed by atoms with Crippen molar-refractivity contribution in [3.05, 3.63) is 11.2 Å². The summed E-state index contributed by atoms with van der Waals surface area (Å²) in [5, 5.41) is 16.3. The molecule has 2 aromatic heterocycles. The number of carboxylic acid groups (broad SMARTS) is 1. The Kier molecular flexibility index (Phi) is 3.20. The molecule has 84 valence electrons. The van der Waals surface area contributed by atoms with E-state index in [0.29, 0.717) is 5.89 Å². The summed E-state index contributed by atoms with van der Waals surface area (Å²) in [4.78, 5) is 15.2. The Morgan fingerprint density at radius 3 is 3.06 bits per heavy atom. The van der Waals surface area contributed by atoms with Crippen molar-refractivity contribution in [1.29, 1.82) is 0 Å². The number of hydrogen-bond donors (Lipinski definition) is 1. The highest BCUT2D eigenvalue weighted by atomic mass is 32.2. The van der Waals surface area contributed by atoms with Crippen molar-refractivity contribution in [2.45, 2.75) is 12.1 Å². The van der Waals surface area contributed by atoms with Crippen LogP contribution in [0.1, 0.15) is 5.69 Å². The van der Waals surface area contributed by atoms with Crippen LogP contribution in [0.25, 0.3) is 10.8 Å². The summed E-state index contributed by atoms with van der Waals surface area (Å²) >= 11 is 2.40. The molecule has 0 aliphatic rings. The second-order valence-corrected chi connectivity index (χ2v) is 4.60. The highest BCUT2D eigenvalue weighted by Crippen LogP contribution is 2.28. The summed E-state index contributed by atoms with van der Waals surface area (Å²) in [7, 11) is 0. The smallest absolute Gasteiger partial charge is 0.314 e. The van der Waals surface area contributed by atoms with E-state index < -0.39 is 5.97 Å². The van der Waals surface area contributed by atoms with Gasteiger partial charge in [-0.3, -0.25) is 4.79 Å². The Labute approximate surface area is 98.7 Å². The van der Waals surface area contributed by atoms with Crippen molar-refractivity contribution in [1.82, 2.24) is 15.2 Å². The van der Waals surface area contributed by atoms with Gasteiger partial charge in [-0.25, -0.2) is 4.98 Å². The van der Waals surface area contributed by atoms with Gasteiger partial charge in [-0.05, 0) is 6.92 Å². The lowest BCUT2D eigenvalue weighted by atomic mass is 10.4. The van der Waals surface area contributed by atoms with Crippen molar-refractivity contribution in [3.8, 4) is 10.8 Å². The summed E-state index contributed by atoms with van der Waals surface area (Å²) in [6, 6.07) is 0. The van der Waals surface area contributed by atoms with Crippen LogP contribution >= 0.6 is 23.1 Å². The Hall–Kier alpha value is -1.41. The van der Waals surface area contributed by atoms with Crippen molar-refractivity contribution in [3.63, 3.8) is 0 Å². The SMILES string of the molecule is Cc1ncsc1-c1nnc(SCC(=O)O)o1. The van der Waals surface area contributed by atoms with Gasteiger partial charge in [0.05, 0.1) is 11.2 Å². The van der Waals surface area contributed by atoms with Crippen LogP contribution in [0.3, 0.4) is 0 Å². The summed E-state index contributed by atoms with van der Waals surface area (Å²) in [6.45, 7) is 1.85. The average molecular weight is 257 g/mol. The highest BCUT2D eigenvalue weighted by Gasteiger charge is 2.14. The van der Waals surface area contributed by atoms with Crippen molar-refractivity contribution >= 4 is 29.1 Å². The van der Waals surface area contributed by atoms with E-state index in [-0.39, 0.29) is 11.0 Å². The van der Waals surface area contributed by atoms with Crippen LogP contribution < -0.4 is 0 Å². The topological polar surface area (TPSA) is 89.1 Å². The molecule has 0 unspecified atom stereocenters. The average Bonchev–Trinajstić information content (AvgIpc) is 2.83. The normalized spacial score (nSPS) is 10.6. The van der Waals surface area contributed by atoms with E-state index in [1.807, 2.05) is 6.92 Å². The van der Waals surface area contributed by atoms with E-state index in [0.717, 1.165) is 22.3 Å². The van der Waals surface area contributed by atoms with Gasteiger partial charge in [0.15, 0.2) is 0 Å². The highest BCUT2D eigenvalue weighted by molar-refractivity contribution is 7.99. The van der Waals surface area contributed by atoms with Gasteiger partial charge < -0.3 is 9.52 Å². The molecule has 0 aliphatic heterocycles. The van der Waals surface area contributed by atoms with Crippen LogP contribution in [-0.4, -0.2) is 32.0 Å². The quantitative estimate of drug-likeness (QED) is 0.833. The number of aromatic nitrogens is 3. The number of carboxylic acids is 1. The third-order valence-corrected chi connectivity index (χ3v) is 3.39. The lowest BCUT2D eigenvalue weighted by Gasteiger charge is -1.90. The lowest BCUT2D eigenvalue weighted by Crippen LogP contribution is -1.97. The number of nitrogens with zero attached hydrogens (tertiary/aromatic N) is 3. The van der Waals surface area contributed by atoms with Crippen LogP contribution in [-0.2, 0) is 4.79 Å². The zero-order valence-electron chi connectivity index (χ0n) is 8.21. The fourth-order valence-corrected chi connectivity index (χ4v) is 2.20. The third-order valence-electron chi connectivity index (χ3n) is 1.67. The number of aryl methyl sites for hydroxylation is 1. The standard InChI is InChI=1S/C8H7N3O3S2/c1-4-6(16-3-9-4)7-10-11-8(14-7)15-2-5(12)13/h3H,2H2,1H3,(H,12,13). The first-order chi connectivity index (χ1) is 7.66. The molecule has 1 N–H and O–H groups in total. The van der Waals surface area contributed by atoms with E-state index in [4.69, 9.17) is 9.52 Å². The zero-order valence-corrected chi connectivity index (χ0v) is 9.84. The molecule has 0 amide bonds. The maximum atomic E-state index is 10.3. The minimum Gasteiger partial charge on any atom is -0.481 e. The van der Waals surface area contributed by atoms with E-state index in [1.54, 1.807) is 5.51 Å². The maximum absolute atomic E-state index is 10.3. The lowest BCUT2D eigenvalue weighted by molar-refractivity contribution is -0.133. The van der Waals surface area contributed by atoms with Crippen LogP contribution in [0.2, 0.25) is 0 Å². The summed E-state index contributed by atoms with van der Waals surface area (Å²) in [5.74, 6) is -0.629. The number of aliphatic carboxylic acids is 1. The van der Waals surface area contributed by atoms with Crippen LogP contribution in [0.5, 0.6) is 0 Å². The summed E-state index contributed by atoms with van der Waals surface area (Å²) in [6.07, 6.45) is 0. The molecule has 0 saturated carbocycles. The minimum absolute atomic E-state index is 0.0939. The van der Waals surface area contributed by atoms with Gasteiger partial charge in [0, 0.05) is 0 Å². The second-order valence-electron chi connectivity index (χ2n) is 2.82. The molecule has 0 bridgehead atoms. The monoisotopic (exact) mass is 257 g/mol. The molecule has 0 saturated heterocycles. The molecule has 0 spiro atoms. The van der Waals surface area contributed by atoms with Crippen molar-refractivity contribution in [2.24, 2.45) is 0 Å². The Balaban J connectivity index is 2.14. The number of carbonyl (C=O) groups is 1. The maximum Gasteiger partial charge on any atom is 0.314 e. The zero-order chi connectivity index (χ0) is 11.5. The molecule has 2 rings (SSSR count). The first-order valence-corrected chi connectivity index (χ1v) is 6.12. The predicted octanol–water partition coefficient (Wildman–Crippen LogP) is 1.68. The Bertz CT molecular complexity index is 508. The van der Waals surface area contributed by atoms with Crippen molar-refractivity contribution < 1.29 is 14.3 Å². The Morgan fingerprint density at radius 1 is 1.62 bits per heavy atom. The molecule has 2 heterocycles. The van der Waals surface area contributed by atoms with Crippen LogP contribution in [0.15, 0.2) is 15.2 Å². The molecular weight excluding hydrogens is 250 g/mol. The molecule has 8 heteroatoms. The largest absolute Gasteiger partial charge is 0.481 e. The fraction of sp³-hybridized carbons (Fsp3) is 0.250. The molecule has 16 heavy (non-hydrogen) atoms. The van der Waals surface area contributed by atoms with Crippen molar-refractivity contribution in [2.75, 3.05) is 5.75 Å². The number of hydrogen-bond acceptors (Lipinski definition) is 7. The second kappa shape index (κ2) is 4.62. The first-order valence-electron chi connectivity index (χ1n) is 4.25. The molecule has 0 aliphatic carbocycles. The van der Waals surface area contributed by atoms with E-state index in [9.17, 15) is 4.79 Å². The molecule has 0 fully saturated rings. The molecule has 0 aromatic carbocycles. The van der Waals surface area contributed by atoms with E-state index in [2.05, 4.69) is 15.2 Å². The van der Waals surface area contributed by atoms with Gasteiger partial charge in [-0.15, -0.1) is 21.5 Å². The molecule has 0 atom stereocenters. The van der Waals surface area contributed by atoms with Gasteiger partial charge in [-0.1, -0.05) is 11.8 Å². The van der Waals surface area contributed by atoms with Gasteiger partial charge in [0.1, 0.15) is 10.6 Å². The Morgan fingerprint density at radius 2 is 2.44 bits per heavy atom. The predicted molar refractivity (Wildman–Crippen MR) is 58.5 cm³/mol. The number of thiazole rings is 1. The fourth-order valence-electron chi connectivity index (χ4n) is 0.991. The van der Waals surface area contributed by atoms with Gasteiger partial charge in [0.2, 0.25) is 0 Å². The number of thioether (sulfide) groups is 1. The molecule has 2 aromatic rings. The van der Waals surface area contributed by atoms with E-state index in [1.165, 1.54) is 11.3 Å². The van der Waals surface area contributed by atoms with Gasteiger partial charge in [0.25, 0.3) is 11.1 Å². The third kappa shape index (κ3) is 2.39. The minimum atomic E-state index is -0.918. The summed E-state index contributed by atoms with van der Waals surface area (Å²) in [5.41, 5.74) is 2.52. The van der Waals surface area contributed by atoms with Gasteiger partial charge in [-0.2, -0.15) is 0 Å². The summed E-state index contributed by atoms with van der Waals surface area (Å²) < 4.78 is 5.31. The van der Waals surface area contributed by atoms with Crippen LogP contribution in [0.4, 0.5) is 0 Å². The van der Waals surface area contributed by atoms with Gasteiger partial charge >= 0.3 is 5.97 Å². The molecule has 6 nitrogen and oxygen atoms in total. The molecule has 0 radical (unpaired) electrons.